The normalized spacial score (nSPS) is 13.9. The molecule has 0 spiro atoms. The molecule has 3 rings (SSSR count). The van der Waals surface area contributed by atoms with Crippen molar-refractivity contribution in [2.75, 3.05) is 6.61 Å². The van der Waals surface area contributed by atoms with E-state index in [1.54, 1.807) is 0 Å². The van der Waals surface area contributed by atoms with Crippen LogP contribution in [0.2, 0.25) is 0 Å². The van der Waals surface area contributed by atoms with Gasteiger partial charge in [-0.3, -0.25) is 4.79 Å². The number of carbonyl (C=O) groups excluding carboxylic acids is 1. The summed E-state index contributed by atoms with van der Waals surface area (Å²) in [6.45, 7) is 4.24. The Morgan fingerprint density at radius 1 is 1.36 bits per heavy atom. The fraction of sp³-hybridized carbons (Fsp3) is 0.438. The van der Waals surface area contributed by atoms with Gasteiger partial charge in [-0.15, -0.1) is 0 Å². The molecule has 116 valence electrons. The lowest BCUT2D eigenvalue weighted by Crippen LogP contribution is -2.28. The Labute approximate surface area is 128 Å². The number of benzene rings is 1. The minimum atomic E-state index is -0.218. The fourth-order valence-electron chi connectivity index (χ4n) is 2.03. The van der Waals surface area contributed by atoms with Gasteiger partial charge in [-0.05, 0) is 49.9 Å². The molecule has 1 amide bonds. The third-order valence-corrected chi connectivity index (χ3v) is 3.71. The van der Waals surface area contributed by atoms with Crippen LogP contribution in [0.3, 0.4) is 0 Å². The molecule has 2 aromatic rings. The second-order valence-electron chi connectivity index (χ2n) is 5.63. The van der Waals surface area contributed by atoms with E-state index in [-0.39, 0.29) is 19.1 Å². The van der Waals surface area contributed by atoms with Crippen LogP contribution in [0.15, 0.2) is 22.7 Å². The molecule has 1 N–H and O–H groups in total. The van der Waals surface area contributed by atoms with Crippen LogP contribution in [-0.4, -0.2) is 22.7 Å². The zero-order valence-electron chi connectivity index (χ0n) is 12.8. The van der Waals surface area contributed by atoms with E-state index in [4.69, 9.17) is 9.26 Å². The highest BCUT2D eigenvalue weighted by atomic mass is 16.5. The van der Waals surface area contributed by atoms with Gasteiger partial charge in [-0.2, -0.15) is 4.98 Å². The lowest BCUT2D eigenvalue weighted by molar-refractivity contribution is -0.123. The molecule has 22 heavy (non-hydrogen) atoms. The van der Waals surface area contributed by atoms with Crippen LogP contribution in [0.1, 0.15) is 41.6 Å². The maximum absolute atomic E-state index is 11.8. The average Bonchev–Trinajstić information content (AvgIpc) is 3.25. The lowest BCUT2D eigenvalue weighted by atomic mass is 10.1. The van der Waals surface area contributed by atoms with Gasteiger partial charge < -0.3 is 14.6 Å². The van der Waals surface area contributed by atoms with Crippen molar-refractivity contribution < 1.29 is 14.1 Å². The minimum Gasteiger partial charge on any atom is -0.484 e. The molecule has 0 radical (unpaired) electrons. The van der Waals surface area contributed by atoms with Gasteiger partial charge >= 0.3 is 0 Å². The molecule has 0 bridgehead atoms. The van der Waals surface area contributed by atoms with E-state index in [1.807, 2.05) is 32.0 Å². The summed E-state index contributed by atoms with van der Waals surface area (Å²) < 4.78 is 10.6. The first-order valence-electron chi connectivity index (χ1n) is 7.41. The molecule has 0 aliphatic heterocycles. The van der Waals surface area contributed by atoms with Crippen LogP contribution < -0.4 is 10.1 Å². The first kappa shape index (κ1) is 14.6. The van der Waals surface area contributed by atoms with Gasteiger partial charge in [0.15, 0.2) is 12.4 Å². The van der Waals surface area contributed by atoms with E-state index in [0.717, 1.165) is 24.2 Å². The largest absolute Gasteiger partial charge is 0.484 e. The van der Waals surface area contributed by atoms with Crippen molar-refractivity contribution in [3.63, 3.8) is 0 Å². The summed E-state index contributed by atoms with van der Waals surface area (Å²) in [6.07, 6.45) is 2.24. The Morgan fingerprint density at radius 3 is 2.91 bits per heavy atom. The molecule has 0 unspecified atom stereocenters. The summed E-state index contributed by atoms with van der Waals surface area (Å²) in [5, 5.41) is 6.61. The van der Waals surface area contributed by atoms with Crippen LogP contribution in [0.5, 0.6) is 5.75 Å². The highest BCUT2D eigenvalue weighted by Gasteiger charge is 2.28. The van der Waals surface area contributed by atoms with E-state index in [9.17, 15) is 4.79 Å². The minimum absolute atomic E-state index is 0.0356. The number of carbonyl (C=O) groups is 1. The first-order chi connectivity index (χ1) is 10.6. The van der Waals surface area contributed by atoms with Crippen LogP contribution in [-0.2, 0) is 11.3 Å². The Balaban J connectivity index is 1.44. The SMILES string of the molecule is Cc1ccc(OCC(=O)NCc2nc(C3CC3)no2)cc1C. The Kier molecular flexibility index (Phi) is 4.09. The number of hydrogen-bond donors (Lipinski definition) is 1. The molecule has 1 aliphatic rings. The summed E-state index contributed by atoms with van der Waals surface area (Å²) in [5.74, 6) is 2.09. The second kappa shape index (κ2) is 6.17. The van der Waals surface area contributed by atoms with Crippen molar-refractivity contribution in [1.29, 1.82) is 0 Å². The van der Waals surface area contributed by atoms with Gasteiger partial charge in [0.2, 0.25) is 5.89 Å². The monoisotopic (exact) mass is 301 g/mol. The fourth-order valence-corrected chi connectivity index (χ4v) is 2.03. The van der Waals surface area contributed by atoms with Crippen molar-refractivity contribution in [2.24, 2.45) is 0 Å². The van der Waals surface area contributed by atoms with E-state index in [1.165, 1.54) is 5.56 Å². The van der Waals surface area contributed by atoms with E-state index in [2.05, 4.69) is 15.5 Å². The number of nitrogens with one attached hydrogen (secondary N) is 1. The van der Waals surface area contributed by atoms with Gasteiger partial charge in [-0.1, -0.05) is 11.2 Å². The van der Waals surface area contributed by atoms with Gasteiger partial charge in [0, 0.05) is 5.92 Å². The first-order valence-corrected chi connectivity index (χ1v) is 7.41. The molecule has 1 heterocycles. The number of amides is 1. The zero-order chi connectivity index (χ0) is 15.5. The number of hydrogen-bond acceptors (Lipinski definition) is 5. The molecule has 0 saturated heterocycles. The van der Waals surface area contributed by atoms with Gasteiger partial charge in [0.25, 0.3) is 5.91 Å². The van der Waals surface area contributed by atoms with Crippen molar-refractivity contribution in [3.05, 3.63) is 41.0 Å². The Morgan fingerprint density at radius 2 is 2.18 bits per heavy atom. The van der Waals surface area contributed by atoms with E-state index >= 15 is 0 Å². The maximum atomic E-state index is 11.8. The van der Waals surface area contributed by atoms with Crippen molar-refractivity contribution in [1.82, 2.24) is 15.5 Å². The summed E-state index contributed by atoms with van der Waals surface area (Å²) in [4.78, 5) is 16.0. The molecule has 1 aromatic heterocycles. The molecule has 0 atom stereocenters. The zero-order valence-corrected chi connectivity index (χ0v) is 12.8. The number of aromatic nitrogens is 2. The number of rotatable bonds is 6. The van der Waals surface area contributed by atoms with E-state index < -0.39 is 0 Å². The van der Waals surface area contributed by atoms with Gasteiger partial charge in [0.05, 0.1) is 6.54 Å². The summed E-state index contributed by atoms with van der Waals surface area (Å²) in [5.41, 5.74) is 2.33. The standard InChI is InChI=1S/C16H19N3O3/c1-10-3-6-13(7-11(10)2)21-9-14(20)17-8-15-18-16(19-22-15)12-4-5-12/h3,6-7,12H,4-5,8-9H2,1-2H3,(H,17,20). The number of aryl methyl sites for hydroxylation is 2. The molecular formula is C16H19N3O3. The summed E-state index contributed by atoms with van der Waals surface area (Å²) in [7, 11) is 0. The lowest BCUT2D eigenvalue weighted by Gasteiger charge is -2.08. The van der Waals surface area contributed by atoms with E-state index in [0.29, 0.717) is 17.6 Å². The third-order valence-electron chi connectivity index (χ3n) is 3.71. The van der Waals surface area contributed by atoms with Crippen LogP contribution in [0.4, 0.5) is 0 Å². The van der Waals surface area contributed by atoms with Gasteiger partial charge in [-0.25, -0.2) is 0 Å². The molecule has 1 saturated carbocycles. The van der Waals surface area contributed by atoms with Crippen LogP contribution >= 0.6 is 0 Å². The molecule has 1 aromatic carbocycles. The third kappa shape index (κ3) is 3.63. The average molecular weight is 301 g/mol. The smallest absolute Gasteiger partial charge is 0.258 e. The summed E-state index contributed by atoms with van der Waals surface area (Å²) >= 11 is 0. The van der Waals surface area contributed by atoms with Crippen molar-refractivity contribution >= 4 is 5.91 Å². The highest BCUT2D eigenvalue weighted by molar-refractivity contribution is 5.77. The quantitative estimate of drug-likeness (QED) is 0.885. The predicted molar refractivity (Wildman–Crippen MR) is 79.5 cm³/mol. The maximum Gasteiger partial charge on any atom is 0.258 e. The van der Waals surface area contributed by atoms with Crippen LogP contribution in [0.25, 0.3) is 0 Å². The Hall–Kier alpha value is -2.37. The predicted octanol–water partition coefficient (Wildman–Crippen LogP) is 2.26. The molecule has 1 fully saturated rings. The summed E-state index contributed by atoms with van der Waals surface area (Å²) in [6, 6.07) is 5.75. The van der Waals surface area contributed by atoms with Crippen molar-refractivity contribution in [2.45, 2.75) is 39.2 Å². The van der Waals surface area contributed by atoms with Crippen molar-refractivity contribution in [3.8, 4) is 5.75 Å². The van der Waals surface area contributed by atoms with Gasteiger partial charge in [0.1, 0.15) is 5.75 Å². The molecule has 6 heteroatoms. The Bertz CT molecular complexity index is 677. The number of ether oxygens (including phenoxy) is 1. The topological polar surface area (TPSA) is 77.2 Å². The molecule has 1 aliphatic carbocycles. The van der Waals surface area contributed by atoms with Crippen LogP contribution in [0, 0.1) is 13.8 Å². The molecule has 6 nitrogen and oxygen atoms in total. The second-order valence-corrected chi connectivity index (χ2v) is 5.63. The number of nitrogens with zero attached hydrogens (tertiary/aromatic N) is 2. The highest BCUT2D eigenvalue weighted by Crippen LogP contribution is 2.38. The molecular weight excluding hydrogens is 282 g/mol.